The normalized spacial score (nSPS) is 34.4. The van der Waals surface area contributed by atoms with Gasteiger partial charge in [-0.05, 0) is 37.0 Å². The van der Waals surface area contributed by atoms with E-state index < -0.39 is 0 Å². The molecule has 112 valence electrons. The molecular weight excluding hydrogens is 238 g/mol. The molecule has 1 saturated heterocycles. The van der Waals surface area contributed by atoms with E-state index in [2.05, 4.69) is 31.2 Å². The van der Waals surface area contributed by atoms with Crippen LogP contribution in [0, 0.1) is 11.3 Å². The number of morpholine rings is 1. The lowest BCUT2D eigenvalue weighted by Crippen LogP contribution is -2.62. The van der Waals surface area contributed by atoms with Gasteiger partial charge in [-0.2, -0.15) is 0 Å². The topological polar surface area (TPSA) is 50.5 Å². The van der Waals surface area contributed by atoms with Gasteiger partial charge in [0, 0.05) is 25.2 Å². The zero-order chi connectivity index (χ0) is 13.9. The molecule has 2 aliphatic rings. The van der Waals surface area contributed by atoms with E-state index in [9.17, 15) is 0 Å². The highest BCUT2D eigenvalue weighted by Crippen LogP contribution is 2.41. The number of nitrogens with zero attached hydrogens (tertiary/aromatic N) is 1. The van der Waals surface area contributed by atoms with E-state index >= 15 is 0 Å². The van der Waals surface area contributed by atoms with Crippen molar-refractivity contribution in [2.45, 2.75) is 52.0 Å². The first-order chi connectivity index (χ1) is 8.95. The van der Waals surface area contributed by atoms with Gasteiger partial charge in [-0.15, -0.1) is 0 Å². The number of ether oxygens (including phenoxy) is 1. The summed E-state index contributed by atoms with van der Waals surface area (Å²) in [6, 6.07) is 0. The fourth-order valence-electron chi connectivity index (χ4n) is 3.41. The van der Waals surface area contributed by atoms with Crippen molar-refractivity contribution in [3.63, 3.8) is 0 Å². The Morgan fingerprint density at radius 3 is 2.26 bits per heavy atom. The van der Waals surface area contributed by atoms with Crippen molar-refractivity contribution in [1.82, 2.24) is 10.4 Å². The van der Waals surface area contributed by atoms with Crippen LogP contribution >= 0.6 is 0 Å². The van der Waals surface area contributed by atoms with Gasteiger partial charge in [0.1, 0.15) is 0 Å². The third-order valence-electron chi connectivity index (χ3n) is 4.96. The first-order valence-corrected chi connectivity index (χ1v) is 7.76. The average Bonchev–Trinajstić information content (AvgIpc) is 2.39. The average molecular weight is 269 g/mol. The van der Waals surface area contributed by atoms with Crippen LogP contribution in [0.2, 0.25) is 0 Å². The number of hydrazine groups is 1. The summed E-state index contributed by atoms with van der Waals surface area (Å²) < 4.78 is 5.40. The van der Waals surface area contributed by atoms with E-state index in [0.29, 0.717) is 5.41 Å². The number of nitrogens with two attached hydrogens (primary N) is 1. The summed E-state index contributed by atoms with van der Waals surface area (Å²) in [6.07, 6.45) is 4.97. The second kappa shape index (κ2) is 6.08. The molecule has 0 unspecified atom stereocenters. The predicted molar refractivity (Wildman–Crippen MR) is 78.7 cm³/mol. The van der Waals surface area contributed by atoms with Crippen molar-refractivity contribution in [2.75, 3.05) is 32.8 Å². The Bertz CT molecular complexity index is 274. The first kappa shape index (κ1) is 15.2. The van der Waals surface area contributed by atoms with Gasteiger partial charge < -0.3 is 10.5 Å². The standard InChI is InChI=1S/C15H31N3O/c1-14(2,3)13-4-6-15(12-16,7-5-13)17-18-8-10-19-11-9-18/h13,17H,4-12,16H2,1-3H3. The van der Waals surface area contributed by atoms with Gasteiger partial charge in [0.05, 0.1) is 13.2 Å². The molecule has 1 saturated carbocycles. The number of hydrogen-bond acceptors (Lipinski definition) is 4. The van der Waals surface area contributed by atoms with Crippen LogP contribution in [0.25, 0.3) is 0 Å². The molecule has 4 nitrogen and oxygen atoms in total. The van der Waals surface area contributed by atoms with Crippen LogP contribution in [0.15, 0.2) is 0 Å². The molecule has 3 N–H and O–H groups in total. The third kappa shape index (κ3) is 3.91. The van der Waals surface area contributed by atoms with Crippen LogP contribution in [0.4, 0.5) is 0 Å². The smallest absolute Gasteiger partial charge is 0.0608 e. The van der Waals surface area contributed by atoms with Gasteiger partial charge in [-0.3, -0.25) is 0 Å². The molecule has 0 amide bonds. The summed E-state index contributed by atoms with van der Waals surface area (Å²) >= 11 is 0. The minimum absolute atomic E-state index is 0.124. The number of hydrogen-bond donors (Lipinski definition) is 2. The molecule has 1 heterocycles. The van der Waals surface area contributed by atoms with Gasteiger partial charge in [0.2, 0.25) is 0 Å². The molecule has 0 spiro atoms. The molecule has 0 atom stereocenters. The molecule has 4 heteroatoms. The van der Waals surface area contributed by atoms with E-state index in [1.165, 1.54) is 25.7 Å². The second-order valence-electron chi connectivity index (χ2n) is 7.34. The maximum absolute atomic E-state index is 6.09. The zero-order valence-corrected chi connectivity index (χ0v) is 12.9. The van der Waals surface area contributed by atoms with Crippen molar-refractivity contribution < 1.29 is 4.74 Å². The van der Waals surface area contributed by atoms with Crippen LogP contribution < -0.4 is 11.2 Å². The lowest BCUT2D eigenvalue weighted by molar-refractivity contribution is -0.0254. The largest absolute Gasteiger partial charge is 0.379 e. The quantitative estimate of drug-likeness (QED) is 0.820. The highest BCUT2D eigenvalue weighted by molar-refractivity contribution is 4.95. The lowest BCUT2D eigenvalue weighted by Gasteiger charge is -2.46. The Morgan fingerprint density at radius 1 is 1.21 bits per heavy atom. The lowest BCUT2D eigenvalue weighted by atomic mass is 9.67. The van der Waals surface area contributed by atoms with Crippen LogP contribution in [0.5, 0.6) is 0 Å². The first-order valence-electron chi connectivity index (χ1n) is 7.76. The molecule has 2 fully saturated rings. The minimum Gasteiger partial charge on any atom is -0.379 e. The molecule has 2 rings (SSSR count). The van der Waals surface area contributed by atoms with E-state index in [1.807, 2.05) is 0 Å². The predicted octanol–water partition coefficient (Wildman–Crippen LogP) is 1.76. The maximum Gasteiger partial charge on any atom is 0.0608 e. The molecule has 19 heavy (non-hydrogen) atoms. The Morgan fingerprint density at radius 2 is 1.79 bits per heavy atom. The Hall–Kier alpha value is -0.160. The van der Waals surface area contributed by atoms with E-state index in [0.717, 1.165) is 38.8 Å². The van der Waals surface area contributed by atoms with Crippen LogP contribution in [-0.2, 0) is 4.74 Å². The number of rotatable bonds is 3. The van der Waals surface area contributed by atoms with Gasteiger partial charge in [-0.25, -0.2) is 10.4 Å². The van der Waals surface area contributed by atoms with Crippen molar-refractivity contribution in [2.24, 2.45) is 17.1 Å². The summed E-state index contributed by atoms with van der Waals surface area (Å²) in [4.78, 5) is 0. The molecule has 1 aliphatic carbocycles. The van der Waals surface area contributed by atoms with Gasteiger partial charge in [-0.1, -0.05) is 20.8 Å². The van der Waals surface area contributed by atoms with E-state index in [4.69, 9.17) is 10.5 Å². The van der Waals surface area contributed by atoms with Crippen LogP contribution in [0.1, 0.15) is 46.5 Å². The fraction of sp³-hybridized carbons (Fsp3) is 1.00. The highest BCUT2D eigenvalue weighted by Gasteiger charge is 2.38. The molecule has 0 bridgehead atoms. The van der Waals surface area contributed by atoms with Crippen LogP contribution in [-0.4, -0.2) is 43.4 Å². The molecule has 0 aromatic heterocycles. The highest BCUT2D eigenvalue weighted by atomic mass is 16.5. The minimum atomic E-state index is 0.124. The van der Waals surface area contributed by atoms with E-state index in [-0.39, 0.29) is 5.54 Å². The summed E-state index contributed by atoms with van der Waals surface area (Å²) in [5, 5.41) is 2.31. The summed E-state index contributed by atoms with van der Waals surface area (Å²) in [5.74, 6) is 0.832. The monoisotopic (exact) mass is 269 g/mol. The molecule has 0 aromatic rings. The van der Waals surface area contributed by atoms with Gasteiger partial charge >= 0.3 is 0 Å². The molecule has 1 aliphatic heterocycles. The summed E-state index contributed by atoms with van der Waals surface area (Å²) in [5.41, 5.74) is 10.4. The molecule has 0 radical (unpaired) electrons. The van der Waals surface area contributed by atoms with Gasteiger partial charge in [0.15, 0.2) is 0 Å². The van der Waals surface area contributed by atoms with Crippen molar-refractivity contribution in [3.8, 4) is 0 Å². The van der Waals surface area contributed by atoms with Crippen molar-refractivity contribution in [1.29, 1.82) is 0 Å². The Kier molecular flexibility index (Phi) is 4.88. The fourth-order valence-corrected chi connectivity index (χ4v) is 3.41. The molecule has 0 aromatic carbocycles. The SMILES string of the molecule is CC(C)(C)C1CCC(CN)(NN2CCOCC2)CC1. The Labute approximate surface area is 118 Å². The Balaban J connectivity index is 1.90. The summed E-state index contributed by atoms with van der Waals surface area (Å²) in [6.45, 7) is 11.4. The van der Waals surface area contributed by atoms with Gasteiger partial charge in [0.25, 0.3) is 0 Å². The molecular formula is C15H31N3O. The summed E-state index contributed by atoms with van der Waals surface area (Å²) in [7, 11) is 0. The zero-order valence-electron chi connectivity index (χ0n) is 12.9. The third-order valence-corrected chi connectivity index (χ3v) is 4.96. The van der Waals surface area contributed by atoms with Crippen molar-refractivity contribution in [3.05, 3.63) is 0 Å². The number of nitrogens with one attached hydrogen (secondary N) is 1. The van der Waals surface area contributed by atoms with Crippen LogP contribution in [0.3, 0.4) is 0 Å². The van der Waals surface area contributed by atoms with Crippen molar-refractivity contribution >= 4 is 0 Å². The maximum atomic E-state index is 6.09. The van der Waals surface area contributed by atoms with E-state index in [1.54, 1.807) is 0 Å². The second-order valence-corrected chi connectivity index (χ2v) is 7.34.